The maximum atomic E-state index is 11.8. The predicted octanol–water partition coefficient (Wildman–Crippen LogP) is 1.69. The van der Waals surface area contributed by atoms with Gasteiger partial charge in [-0.3, -0.25) is 24.6 Å². The first-order valence-corrected chi connectivity index (χ1v) is 6.87. The third-order valence-electron chi connectivity index (χ3n) is 3.34. The Labute approximate surface area is 132 Å². The van der Waals surface area contributed by atoms with E-state index in [0.29, 0.717) is 11.3 Å². The van der Waals surface area contributed by atoms with Gasteiger partial charge in [-0.1, -0.05) is 12.2 Å². The number of rotatable bonds is 6. The lowest BCUT2D eigenvalue weighted by Gasteiger charge is -2.26. The van der Waals surface area contributed by atoms with Crippen LogP contribution in [0.25, 0.3) is 0 Å². The smallest absolute Gasteiger partial charge is 0.273 e. The van der Waals surface area contributed by atoms with Crippen LogP contribution in [-0.2, 0) is 9.59 Å². The summed E-state index contributed by atoms with van der Waals surface area (Å²) in [4.78, 5) is 35.0. The van der Waals surface area contributed by atoms with E-state index in [9.17, 15) is 19.7 Å². The van der Waals surface area contributed by atoms with Crippen molar-refractivity contribution in [1.29, 1.82) is 0 Å². The van der Waals surface area contributed by atoms with Crippen LogP contribution in [0, 0.1) is 10.1 Å². The molecular weight excluding hydrogens is 304 g/mol. The molecule has 1 heterocycles. The first-order valence-electron chi connectivity index (χ1n) is 6.87. The number of non-ortho nitro benzene ring substituents is 1. The molecule has 0 radical (unpaired) electrons. The Bertz CT molecular complexity index is 650. The van der Waals surface area contributed by atoms with Crippen LogP contribution in [0.2, 0.25) is 0 Å². The summed E-state index contributed by atoms with van der Waals surface area (Å²) in [5.74, 6) is -0.120. The van der Waals surface area contributed by atoms with Gasteiger partial charge >= 0.3 is 0 Å². The van der Waals surface area contributed by atoms with Crippen molar-refractivity contribution in [2.75, 3.05) is 20.3 Å². The van der Waals surface area contributed by atoms with Gasteiger partial charge in [-0.15, -0.1) is 0 Å². The zero-order valence-corrected chi connectivity index (χ0v) is 12.6. The molecule has 1 aliphatic rings. The van der Waals surface area contributed by atoms with Gasteiger partial charge in [-0.2, -0.15) is 0 Å². The van der Waals surface area contributed by atoms with Gasteiger partial charge in [0.05, 0.1) is 24.6 Å². The average Bonchev–Trinajstić information content (AvgIpc) is 2.49. The second kappa shape index (κ2) is 6.91. The molecule has 2 rings (SSSR count). The van der Waals surface area contributed by atoms with E-state index in [-0.39, 0.29) is 49.2 Å². The van der Waals surface area contributed by atoms with Crippen molar-refractivity contribution >= 4 is 17.5 Å². The predicted molar refractivity (Wildman–Crippen MR) is 80.2 cm³/mol. The van der Waals surface area contributed by atoms with Gasteiger partial charge in [0.15, 0.2) is 11.5 Å². The third kappa shape index (κ3) is 3.85. The molecule has 1 fully saturated rings. The summed E-state index contributed by atoms with van der Waals surface area (Å²) in [5.41, 5.74) is 0.458. The molecule has 8 heteroatoms. The van der Waals surface area contributed by atoms with Gasteiger partial charge in [0.25, 0.3) is 5.69 Å². The average molecular weight is 320 g/mol. The highest BCUT2D eigenvalue weighted by atomic mass is 16.6. The standard InChI is InChI=1S/C15H16N2O6/c1-10-7-14(18)16(15(19)8-10)5-6-23-13-9-11(17(20)21)3-4-12(13)22-2/h3-4,9H,1,5-8H2,2H3. The maximum Gasteiger partial charge on any atom is 0.273 e. The molecule has 0 aromatic heterocycles. The van der Waals surface area contributed by atoms with Gasteiger partial charge in [-0.25, -0.2) is 0 Å². The molecule has 0 bridgehead atoms. The number of amides is 2. The van der Waals surface area contributed by atoms with Crippen LogP contribution in [0.3, 0.4) is 0 Å². The van der Waals surface area contributed by atoms with E-state index >= 15 is 0 Å². The summed E-state index contributed by atoms with van der Waals surface area (Å²) in [6, 6.07) is 3.96. The number of piperidine rings is 1. The Morgan fingerprint density at radius 2 is 1.91 bits per heavy atom. The van der Waals surface area contributed by atoms with Gasteiger partial charge < -0.3 is 9.47 Å². The fourth-order valence-electron chi connectivity index (χ4n) is 2.21. The number of hydrogen-bond donors (Lipinski definition) is 0. The summed E-state index contributed by atoms with van der Waals surface area (Å²) in [6.07, 6.45) is 0.289. The first kappa shape index (κ1) is 16.5. The van der Waals surface area contributed by atoms with Gasteiger partial charge in [-0.05, 0) is 6.07 Å². The van der Waals surface area contributed by atoms with E-state index in [4.69, 9.17) is 9.47 Å². The number of benzene rings is 1. The number of nitro benzene ring substituents is 1. The number of likely N-dealkylation sites (tertiary alicyclic amines) is 1. The number of ether oxygens (including phenoxy) is 2. The Morgan fingerprint density at radius 3 is 2.48 bits per heavy atom. The lowest BCUT2D eigenvalue weighted by Crippen LogP contribution is -2.43. The van der Waals surface area contributed by atoms with Crippen molar-refractivity contribution < 1.29 is 24.0 Å². The quantitative estimate of drug-likeness (QED) is 0.342. The highest BCUT2D eigenvalue weighted by Crippen LogP contribution is 2.31. The Hall–Kier alpha value is -2.90. The van der Waals surface area contributed by atoms with Crippen LogP contribution >= 0.6 is 0 Å². The van der Waals surface area contributed by atoms with Gasteiger partial charge in [0.1, 0.15) is 6.61 Å². The fraction of sp³-hybridized carbons (Fsp3) is 0.333. The minimum Gasteiger partial charge on any atom is -0.493 e. The zero-order chi connectivity index (χ0) is 17.0. The molecule has 0 unspecified atom stereocenters. The number of nitrogens with zero attached hydrogens (tertiary/aromatic N) is 2. The van der Waals surface area contributed by atoms with Crippen LogP contribution in [-0.4, -0.2) is 41.9 Å². The molecule has 0 saturated carbocycles. The van der Waals surface area contributed by atoms with Crippen LogP contribution in [0.1, 0.15) is 12.8 Å². The van der Waals surface area contributed by atoms with Crippen LogP contribution in [0.4, 0.5) is 5.69 Å². The number of nitro groups is 1. The van der Waals surface area contributed by atoms with E-state index in [2.05, 4.69) is 6.58 Å². The molecule has 8 nitrogen and oxygen atoms in total. The first-order chi connectivity index (χ1) is 10.9. The van der Waals surface area contributed by atoms with Crippen molar-refractivity contribution in [2.24, 2.45) is 0 Å². The van der Waals surface area contributed by atoms with Crippen molar-refractivity contribution in [1.82, 2.24) is 4.90 Å². The Morgan fingerprint density at radius 1 is 1.26 bits per heavy atom. The molecule has 0 atom stereocenters. The van der Waals surface area contributed by atoms with Crippen molar-refractivity contribution in [2.45, 2.75) is 12.8 Å². The summed E-state index contributed by atoms with van der Waals surface area (Å²) in [6.45, 7) is 3.73. The minimum absolute atomic E-state index is 0.0154. The Balaban J connectivity index is 2.02. The highest BCUT2D eigenvalue weighted by molar-refractivity contribution is 6.00. The number of imide groups is 1. The van der Waals surface area contributed by atoms with Crippen LogP contribution in [0.5, 0.6) is 11.5 Å². The Kier molecular flexibility index (Phi) is 4.95. The normalized spacial score (nSPS) is 14.8. The van der Waals surface area contributed by atoms with Crippen molar-refractivity contribution in [3.63, 3.8) is 0 Å². The van der Waals surface area contributed by atoms with E-state index in [1.54, 1.807) is 0 Å². The van der Waals surface area contributed by atoms with Gasteiger partial charge in [0, 0.05) is 18.9 Å². The summed E-state index contributed by atoms with van der Waals surface area (Å²) >= 11 is 0. The van der Waals surface area contributed by atoms with E-state index in [1.807, 2.05) is 0 Å². The summed E-state index contributed by atoms with van der Waals surface area (Å²) < 4.78 is 10.5. The van der Waals surface area contributed by atoms with E-state index in [0.717, 1.165) is 4.90 Å². The van der Waals surface area contributed by atoms with E-state index < -0.39 is 4.92 Å². The van der Waals surface area contributed by atoms with Gasteiger partial charge in [0.2, 0.25) is 11.8 Å². The topological polar surface area (TPSA) is 99.0 Å². The second-order valence-electron chi connectivity index (χ2n) is 4.98. The molecule has 0 aliphatic carbocycles. The van der Waals surface area contributed by atoms with Crippen LogP contribution in [0.15, 0.2) is 30.4 Å². The third-order valence-corrected chi connectivity index (χ3v) is 3.34. The largest absolute Gasteiger partial charge is 0.493 e. The highest BCUT2D eigenvalue weighted by Gasteiger charge is 2.27. The molecule has 1 aromatic rings. The molecule has 122 valence electrons. The second-order valence-corrected chi connectivity index (χ2v) is 4.98. The number of methoxy groups -OCH3 is 1. The number of carbonyl (C=O) groups is 2. The molecule has 1 aromatic carbocycles. The molecule has 2 amide bonds. The number of carbonyl (C=O) groups excluding carboxylic acids is 2. The molecule has 23 heavy (non-hydrogen) atoms. The monoisotopic (exact) mass is 320 g/mol. The lowest BCUT2D eigenvalue weighted by molar-refractivity contribution is -0.385. The molecule has 0 N–H and O–H groups in total. The van der Waals surface area contributed by atoms with Crippen molar-refractivity contribution in [3.8, 4) is 11.5 Å². The molecule has 0 spiro atoms. The number of hydrogen-bond acceptors (Lipinski definition) is 6. The van der Waals surface area contributed by atoms with E-state index in [1.165, 1.54) is 25.3 Å². The summed E-state index contributed by atoms with van der Waals surface area (Å²) in [7, 11) is 1.41. The van der Waals surface area contributed by atoms with Crippen molar-refractivity contribution in [3.05, 3.63) is 40.5 Å². The fourth-order valence-corrected chi connectivity index (χ4v) is 2.21. The van der Waals surface area contributed by atoms with Crippen LogP contribution < -0.4 is 9.47 Å². The minimum atomic E-state index is -0.546. The SMILES string of the molecule is C=C1CC(=O)N(CCOc2cc([N+](=O)[O-])ccc2OC)C(=O)C1. The molecular formula is C15H16N2O6. The lowest BCUT2D eigenvalue weighted by atomic mass is 10.0. The zero-order valence-electron chi connectivity index (χ0n) is 12.6. The molecule has 1 aliphatic heterocycles. The molecule has 1 saturated heterocycles. The maximum absolute atomic E-state index is 11.8. The summed E-state index contributed by atoms with van der Waals surface area (Å²) in [5, 5.41) is 10.8.